The second kappa shape index (κ2) is 5.04. The molecule has 0 radical (unpaired) electrons. The summed E-state index contributed by atoms with van der Waals surface area (Å²) in [6.45, 7) is 4.29. The number of ether oxygens (including phenoxy) is 2. The molecular weight excluding hydrogens is 240 g/mol. The van der Waals surface area contributed by atoms with Crippen molar-refractivity contribution in [1.82, 2.24) is 0 Å². The van der Waals surface area contributed by atoms with Crippen LogP contribution in [0.4, 0.5) is 0 Å². The quantitative estimate of drug-likeness (QED) is 0.791. The number of hydrogen-bond donors (Lipinski definition) is 1. The van der Waals surface area contributed by atoms with Crippen molar-refractivity contribution in [3.05, 3.63) is 23.3 Å². The van der Waals surface area contributed by atoms with E-state index in [1.165, 1.54) is 17.6 Å². The molecule has 1 saturated heterocycles. The van der Waals surface area contributed by atoms with Gasteiger partial charge >= 0.3 is 0 Å². The first-order chi connectivity index (χ1) is 9.13. The number of aliphatic hydroxyl groups is 1. The Balaban J connectivity index is 1.94. The van der Waals surface area contributed by atoms with Gasteiger partial charge in [-0.1, -0.05) is 17.7 Å². The van der Waals surface area contributed by atoms with Crippen molar-refractivity contribution in [3.63, 3.8) is 0 Å². The first-order valence-corrected chi connectivity index (χ1v) is 7.48. The van der Waals surface area contributed by atoms with Crippen LogP contribution in [0.3, 0.4) is 0 Å². The lowest BCUT2D eigenvalue weighted by atomic mass is 9.91. The van der Waals surface area contributed by atoms with Gasteiger partial charge in [0.2, 0.25) is 0 Å². The third-order valence-electron chi connectivity index (χ3n) is 4.60. The summed E-state index contributed by atoms with van der Waals surface area (Å²) in [5.41, 5.74) is 2.90. The zero-order chi connectivity index (χ0) is 13.5. The van der Waals surface area contributed by atoms with E-state index in [4.69, 9.17) is 9.47 Å². The van der Waals surface area contributed by atoms with Gasteiger partial charge in [0.05, 0.1) is 24.7 Å². The van der Waals surface area contributed by atoms with Gasteiger partial charge in [-0.3, -0.25) is 0 Å². The second-order valence-electron chi connectivity index (χ2n) is 6.21. The summed E-state index contributed by atoms with van der Waals surface area (Å²) in [5, 5.41) is 9.74. The van der Waals surface area contributed by atoms with Crippen LogP contribution in [0, 0.1) is 5.92 Å². The monoisotopic (exact) mass is 264 g/mol. The highest BCUT2D eigenvalue weighted by atomic mass is 16.7. The Morgan fingerprint density at radius 2 is 2.00 bits per heavy atom. The number of hydrogen-bond acceptors (Lipinski definition) is 3. The molecule has 0 saturated carbocycles. The maximum absolute atomic E-state index is 9.74. The van der Waals surface area contributed by atoms with E-state index in [-0.39, 0.29) is 24.7 Å². The topological polar surface area (TPSA) is 38.7 Å². The van der Waals surface area contributed by atoms with Gasteiger partial charge in [0.15, 0.2) is 5.79 Å². The molecular formula is C16H24O3. The molecule has 3 aliphatic rings. The minimum Gasteiger partial charge on any atom is -0.396 e. The molecule has 3 nitrogen and oxygen atoms in total. The van der Waals surface area contributed by atoms with Gasteiger partial charge in [-0.05, 0) is 45.1 Å². The van der Waals surface area contributed by atoms with E-state index in [0.29, 0.717) is 0 Å². The van der Waals surface area contributed by atoms with Crippen LogP contribution >= 0.6 is 0 Å². The predicted molar refractivity (Wildman–Crippen MR) is 73.7 cm³/mol. The summed E-state index contributed by atoms with van der Waals surface area (Å²) in [4.78, 5) is 0. The van der Waals surface area contributed by atoms with Crippen LogP contribution in [0.1, 0.15) is 46.0 Å². The van der Waals surface area contributed by atoms with E-state index in [1.807, 2.05) is 0 Å². The van der Waals surface area contributed by atoms with Crippen LogP contribution < -0.4 is 0 Å². The Hall–Kier alpha value is -0.640. The fourth-order valence-electron chi connectivity index (χ4n) is 3.77. The highest BCUT2D eigenvalue weighted by Gasteiger charge is 2.47. The molecule has 1 heterocycles. The van der Waals surface area contributed by atoms with Crippen LogP contribution in [0.5, 0.6) is 0 Å². The van der Waals surface area contributed by atoms with Crippen molar-refractivity contribution in [2.24, 2.45) is 5.92 Å². The van der Waals surface area contributed by atoms with E-state index in [2.05, 4.69) is 26.0 Å². The zero-order valence-corrected chi connectivity index (χ0v) is 11.9. The van der Waals surface area contributed by atoms with Crippen molar-refractivity contribution in [2.45, 2.75) is 63.9 Å². The predicted octanol–water partition coefficient (Wildman–Crippen LogP) is 2.95. The Morgan fingerprint density at radius 1 is 1.26 bits per heavy atom. The molecule has 106 valence electrons. The van der Waals surface area contributed by atoms with E-state index >= 15 is 0 Å². The minimum absolute atomic E-state index is 0.0664. The van der Waals surface area contributed by atoms with Gasteiger partial charge in [-0.25, -0.2) is 0 Å². The highest BCUT2D eigenvalue weighted by molar-refractivity contribution is 5.34. The molecule has 1 N–H and O–H groups in total. The number of aliphatic hydroxyl groups excluding tert-OH is 1. The molecule has 0 aromatic rings. The SMILES string of the molecule is C[C@@H]1C[C@H](C)OC2(CC3=C(C=C[C@@H]2CO)CCC3)O1. The van der Waals surface area contributed by atoms with Crippen LogP contribution in [-0.4, -0.2) is 29.7 Å². The van der Waals surface area contributed by atoms with Gasteiger partial charge in [-0.2, -0.15) is 0 Å². The largest absolute Gasteiger partial charge is 0.396 e. The van der Waals surface area contributed by atoms with Crippen LogP contribution in [0.15, 0.2) is 23.3 Å². The summed E-state index contributed by atoms with van der Waals surface area (Å²) in [6.07, 6.45) is 9.95. The van der Waals surface area contributed by atoms with Gasteiger partial charge in [0.1, 0.15) is 0 Å². The molecule has 0 amide bonds. The standard InChI is InChI=1S/C16H24O3/c1-11-8-12(2)19-16(18-11)9-14-5-3-4-13(14)6-7-15(16)10-17/h6-7,11-12,15,17H,3-5,8-10H2,1-2H3/t11-,12+,15-,16?/m1/s1. The molecule has 19 heavy (non-hydrogen) atoms. The third-order valence-corrected chi connectivity index (χ3v) is 4.60. The molecule has 3 heteroatoms. The summed E-state index contributed by atoms with van der Waals surface area (Å²) in [5.74, 6) is -0.715. The van der Waals surface area contributed by atoms with E-state index in [0.717, 1.165) is 25.7 Å². The van der Waals surface area contributed by atoms with Crippen molar-refractivity contribution in [3.8, 4) is 0 Å². The second-order valence-corrected chi connectivity index (χ2v) is 6.21. The molecule has 2 aliphatic carbocycles. The van der Waals surface area contributed by atoms with E-state index < -0.39 is 5.79 Å². The molecule has 0 aromatic carbocycles. The molecule has 1 unspecified atom stereocenters. The van der Waals surface area contributed by atoms with Crippen molar-refractivity contribution < 1.29 is 14.6 Å². The van der Waals surface area contributed by atoms with Crippen molar-refractivity contribution in [2.75, 3.05) is 6.61 Å². The summed E-state index contributed by atoms with van der Waals surface area (Å²) in [6, 6.07) is 0. The molecule has 0 aromatic heterocycles. The molecule has 3 rings (SSSR count). The maximum atomic E-state index is 9.74. The highest BCUT2D eigenvalue weighted by Crippen LogP contribution is 2.44. The Kier molecular flexibility index (Phi) is 3.54. The fraction of sp³-hybridized carbons (Fsp3) is 0.750. The minimum atomic E-state index is -0.649. The van der Waals surface area contributed by atoms with Gasteiger partial charge in [-0.15, -0.1) is 0 Å². The molecule has 1 spiro atoms. The average molecular weight is 264 g/mol. The lowest BCUT2D eigenvalue weighted by Gasteiger charge is -2.46. The van der Waals surface area contributed by atoms with Crippen LogP contribution in [-0.2, 0) is 9.47 Å². The Morgan fingerprint density at radius 3 is 2.68 bits per heavy atom. The zero-order valence-electron chi connectivity index (χ0n) is 11.9. The summed E-state index contributed by atoms with van der Waals surface area (Å²) in [7, 11) is 0. The van der Waals surface area contributed by atoms with Crippen molar-refractivity contribution in [1.29, 1.82) is 0 Å². The van der Waals surface area contributed by atoms with Gasteiger partial charge < -0.3 is 14.6 Å². The lowest BCUT2D eigenvalue weighted by molar-refractivity contribution is -0.330. The fourth-order valence-corrected chi connectivity index (χ4v) is 3.77. The van der Waals surface area contributed by atoms with Gasteiger partial charge in [0.25, 0.3) is 0 Å². The van der Waals surface area contributed by atoms with E-state index in [1.54, 1.807) is 0 Å². The first-order valence-electron chi connectivity index (χ1n) is 7.48. The first kappa shape index (κ1) is 13.3. The average Bonchev–Trinajstić information content (AvgIpc) is 2.70. The smallest absolute Gasteiger partial charge is 0.181 e. The van der Waals surface area contributed by atoms with Crippen molar-refractivity contribution >= 4 is 0 Å². The summed E-state index contributed by atoms with van der Waals surface area (Å²) < 4.78 is 12.4. The number of rotatable bonds is 1. The third kappa shape index (κ3) is 2.39. The normalized spacial score (nSPS) is 42.6. The van der Waals surface area contributed by atoms with E-state index in [9.17, 15) is 5.11 Å². The molecule has 1 fully saturated rings. The molecule has 4 atom stereocenters. The Bertz CT molecular complexity index is 400. The van der Waals surface area contributed by atoms with Crippen LogP contribution in [0.2, 0.25) is 0 Å². The van der Waals surface area contributed by atoms with Crippen LogP contribution in [0.25, 0.3) is 0 Å². The maximum Gasteiger partial charge on any atom is 0.181 e. The molecule has 1 aliphatic heterocycles. The Labute approximate surface area is 115 Å². The van der Waals surface area contributed by atoms with Gasteiger partial charge in [0, 0.05) is 6.42 Å². The number of allylic oxidation sites excluding steroid dienone is 2. The molecule has 0 bridgehead atoms. The lowest BCUT2D eigenvalue weighted by Crippen LogP contribution is -2.52. The summed E-state index contributed by atoms with van der Waals surface area (Å²) >= 11 is 0.